The van der Waals surface area contributed by atoms with Gasteiger partial charge in [-0.25, -0.2) is 13.8 Å². The van der Waals surface area contributed by atoms with Gasteiger partial charge in [-0.3, -0.25) is 9.10 Å². The second-order valence-electron chi connectivity index (χ2n) is 6.66. The number of nitrogens with zero attached hydrogens (tertiary/aromatic N) is 2. The number of carbonyl (C=O) groups excluding carboxylic acids is 1. The van der Waals surface area contributed by atoms with Crippen LogP contribution in [0, 0.1) is 0 Å². The van der Waals surface area contributed by atoms with E-state index in [1.807, 2.05) is 0 Å². The second kappa shape index (κ2) is 10.4. The van der Waals surface area contributed by atoms with E-state index in [9.17, 15) is 13.2 Å². The van der Waals surface area contributed by atoms with Crippen molar-refractivity contribution in [3.63, 3.8) is 0 Å². The maximum Gasteiger partial charge on any atom is 0.264 e. The molecular formula is C22H18Cl3N3O3S. The highest BCUT2D eigenvalue weighted by Gasteiger charge is 2.27. The van der Waals surface area contributed by atoms with Crippen LogP contribution in [0.1, 0.15) is 12.5 Å². The zero-order valence-corrected chi connectivity index (χ0v) is 19.9. The molecule has 166 valence electrons. The van der Waals surface area contributed by atoms with Crippen molar-refractivity contribution >= 4 is 62.1 Å². The Hall–Kier alpha value is -2.58. The highest BCUT2D eigenvalue weighted by atomic mass is 35.5. The zero-order chi connectivity index (χ0) is 23.3. The predicted molar refractivity (Wildman–Crippen MR) is 129 cm³/mol. The third-order valence-corrected chi connectivity index (χ3v) is 7.20. The van der Waals surface area contributed by atoms with Gasteiger partial charge >= 0.3 is 0 Å². The molecule has 0 aliphatic heterocycles. The normalized spacial score (nSPS) is 11.8. The van der Waals surface area contributed by atoms with E-state index >= 15 is 0 Å². The summed E-state index contributed by atoms with van der Waals surface area (Å²) in [6.07, 6.45) is 0. The number of benzene rings is 3. The number of anilines is 1. The Morgan fingerprint density at radius 3 is 2.22 bits per heavy atom. The van der Waals surface area contributed by atoms with Crippen molar-refractivity contribution in [3.05, 3.63) is 93.4 Å². The topological polar surface area (TPSA) is 78.8 Å². The largest absolute Gasteiger partial charge is 0.271 e. The first-order valence-electron chi connectivity index (χ1n) is 9.30. The maximum atomic E-state index is 13.3. The number of hydrazone groups is 1. The van der Waals surface area contributed by atoms with Crippen LogP contribution in [0.4, 0.5) is 5.69 Å². The van der Waals surface area contributed by atoms with E-state index in [1.165, 1.54) is 30.3 Å². The minimum Gasteiger partial charge on any atom is -0.271 e. The van der Waals surface area contributed by atoms with Crippen LogP contribution in [0.3, 0.4) is 0 Å². The summed E-state index contributed by atoms with van der Waals surface area (Å²) in [5.74, 6) is -0.635. The molecule has 1 amide bonds. The lowest BCUT2D eigenvalue weighted by atomic mass is 10.1. The van der Waals surface area contributed by atoms with Gasteiger partial charge < -0.3 is 0 Å². The summed E-state index contributed by atoms with van der Waals surface area (Å²) >= 11 is 17.9. The van der Waals surface area contributed by atoms with E-state index in [-0.39, 0.29) is 20.6 Å². The molecule has 0 bridgehead atoms. The summed E-state index contributed by atoms with van der Waals surface area (Å²) in [5.41, 5.74) is 3.87. The van der Waals surface area contributed by atoms with E-state index in [0.717, 1.165) is 9.87 Å². The molecule has 0 aliphatic carbocycles. The van der Waals surface area contributed by atoms with Gasteiger partial charge in [0.2, 0.25) is 0 Å². The molecule has 6 nitrogen and oxygen atoms in total. The van der Waals surface area contributed by atoms with Crippen molar-refractivity contribution in [1.82, 2.24) is 5.43 Å². The van der Waals surface area contributed by atoms with Crippen LogP contribution in [0.2, 0.25) is 15.1 Å². The molecule has 1 N–H and O–H groups in total. The van der Waals surface area contributed by atoms with Crippen LogP contribution >= 0.6 is 34.8 Å². The van der Waals surface area contributed by atoms with Crippen LogP contribution in [0.5, 0.6) is 0 Å². The average molecular weight is 511 g/mol. The van der Waals surface area contributed by atoms with Gasteiger partial charge in [0.15, 0.2) is 0 Å². The molecule has 32 heavy (non-hydrogen) atoms. The van der Waals surface area contributed by atoms with E-state index in [1.54, 1.807) is 49.4 Å². The summed E-state index contributed by atoms with van der Waals surface area (Å²) < 4.78 is 27.5. The third-order valence-electron chi connectivity index (χ3n) is 4.42. The van der Waals surface area contributed by atoms with Gasteiger partial charge in [-0.2, -0.15) is 5.10 Å². The van der Waals surface area contributed by atoms with Gasteiger partial charge in [0.25, 0.3) is 15.9 Å². The lowest BCUT2D eigenvalue weighted by Gasteiger charge is -2.24. The second-order valence-corrected chi connectivity index (χ2v) is 9.78. The van der Waals surface area contributed by atoms with E-state index < -0.39 is 22.5 Å². The summed E-state index contributed by atoms with van der Waals surface area (Å²) in [6, 6.07) is 19.0. The summed E-state index contributed by atoms with van der Waals surface area (Å²) in [6.45, 7) is 1.19. The van der Waals surface area contributed by atoms with Crippen molar-refractivity contribution in [1.29, 1.82) is 0 Å². The first kappa shape index (κ1) is 24.1. The van der Waals surface area contributed by atoms with E-state index in [2.05, 4.69) is 10.5 Å². The number of hydrogen-bond donors (Lipinski definition) is 1. The standard InChI is InChI=1S/C22H18Cl3N3O3S/c1-15(16-7-9-17(23)10-8-16)26-27-22(29)14-28(18-11-12-20(24)21(25)13-18)32(30,31)19-5-3-2-4-6-19/h2-13H,14H2,1H3,(H,27,29)/b26-15-. The fourth-order valence-corrected chi connectivity index (χ4v) is 4.59. The van der Waals surface area contributed by atoms with Crippen molar-refractivity contribution in [2.24, 2.45) is 5.10 Å². The predicted octanol–water partition coefficient (Wildman–Crippen LogP) is 5.38. The number of rotatable bonds is 7. The Labute approximate surface area is 201 Å². The number of carbonyl (C=O) groups is 1. The number of halogens is 3. The minimum atomic E-state index is -4.07. The van der Waals surface area contributed by atoms with Crippen LogP contribution in [-0.2, 0) is 14.8 Å². The fraction of sp³-hybridized carbons (Fsp3) is 0.0909. The average Bonchev–Trinajstić information content (AvgIpc) is 2.78. The molecular weight excluding hydrogens is 493 g/mol. The Morgan fingerprint density at radius 1 is 0.938 bits per heavy atom. The molecule has 3 aromatic rings. The molecule has 0 heterocycles. The first-order valence-corrected chi connectivity index (χ1v) is 11.9. The molecule has 0 unspecified atom stereocenters. The molecule has 0 fully saturated rings. The Kier molecular flexibility index (Phi) is 7.79. The molecule has 0 aliphatic rings. The van der Waals surface area contributed by atoms with Crippen molar-refractivity contribution in [2.45, 2.75) is 11.8 Å². The Morgan fingerprint density at radius 2 is 1.59 bits per heavy atom. The maximum absolute atomic E-state index is 13.3. The van der Waals surface area contributed by atoms with Crippen molar-refractivity contribution in [3.8, 4) is 0 Å². The SMILES string of the molecule is C/C(=N/NC(=O)CN(c1ccc(Cl)c(Cl)c1)S(=O)(=O)c1ccccc1)c1ccc(Cl)cc1. The molecule has 0 aromatic heterocycles. The third kappa shape index (κ3) is 5.81. The van der Waals surface area contributed by atoms with E-state index in [4.69, 9.17) is 34.8 Å². The molecule has 0 saturated heterocycles. The van der Waals surface area contributed by atoms with Crippen LogP contribution in [0.25, 0.3) is 0 Å². The Bertz CT molecular complexity index is 1250. The molecule has 3 rings (SSSR count). The van der Waals surface area contributed by atoms with Crippen LogP contribution in [0.15, 0.2) is 82.8 Å². The smallest absolute Gasteiger partial charge is 0.264 e. The van der Waals surface area contributed by atoms with Crippen LogP contribution < -0.4 is 9.73 Å². The van der Waals surface area contributed by atoms with Gasteiger partial charge in [-0.15, -0.1) is 0 Å². The zero-order valence-electron chi connectivity index (χ0n) is 16.8. The highest BCUT2D eigenvalue weighted by molar-refractivity contribution is 7.92. The molecule has 0 spiro atoms. The Balaban J connectivity index is 1.88. The van der Waals surface area contributed by atoms with E-state index in [0.29, 0.717) is 10.7 Å². The number of amides is 1. The van der Waals surface area contributed by atoms with Gasteiger partial charge in [-0.05, 0) is 55.0 Å². The van der Waals surface area contributed by atoms with Crippen molar-refractivity contribution in [2.75, 3.05) is 10.8 Å². The van der Waals surface area contributed by atoms with Crippen LogP contribution in [-0.4, -0.2) is 26.6 Å². The molecule has 0 radical (unpaired) electrons. The number of sulfonamides is 1. The quantitative estimate of drug-likeness (QED) is 0.342. The summed E-state index contributed by atoms with van der Waals surface area (Å²) in [5, 5.41) is 5.07. The van der Waals surface area contributed by atoms with Gasteiger partial charge in [0, 0.05) is 5.02 Å². The summed E-state index contributed by atoms with van der Waals surface area (Å²) in [7, 11) is -4.07. The summed E-state index contributed by atoms with van der Waals surface area (Å²) in [4.78, 5) is 12.7. The van der Waals surface area contributed by atoms with Crippen molar-refractivity contribution < 1.29 is 13.2 Å². The minimum absolute atomic E-state index is 0.0275. The molecule has 3 aromatic carbocycles. The first-order chi connectivity index (χ1) is 15.2. The highest BCUT2D eigenvalue weighted by Crippen LogP contribution is 2.30. The lowest BCUT2D eigenvalue weighted by Crippen LogP contribution is -2.39. The van der Waals surface area contributed by atoms with Gasteiger partial charge in [-0.1, -0.05) is 65.1 Å². The van der Waals surface area contributed by atoms with Gasteiger partial charge in [0.1, 0.15) is 6.54 Å². The number of nitrogens with one attached hydrogen (secondary N) is 1. The molecule has 10 heteroatoms. The number of hydrogen-bond acceptors (Lipinski definition) is 4. The molecule has 0 atom stereocenters. The fourth-order valence-electron chi connectivity index (χ4n) is 2.74. The van der Waals surface area contributed by atoms with Gasteiger partial charge in [0.05, 0.1) is 26.3 Å². The molecule has 0 saturated carbocycles. The monoisotopic (exact) mass is 509 g/mol. The lowest BCUT2D eigenvalue weighted by molar-refractivity contribution is -0.119.